The monoisotopic (exact) mass is 318 g/mol. The minimum atomic E-state index is 0.0150. The lowest BCUT2D eigenvalue weighted by Gasteiger charge is -2.30. The smallest absolute Gasteiger partial charge is 0.241 e. The molecule has 3 aromatic heterocycles. The van der Waals surface area contributed by atoms with Gasteiger partial charge in [0.2, 0.25) is 11.7 Å². The van der Waals surface area contributed by atoms with E-state index in [-0.39, 0.29) is 6.10 Å². The Hall–Kier alpha value is -2.03. The number of furan rings is 1. The number of ether oxygens (including phenoxy) is 1. The molecule has 3 aromatic rings. The Morgan fingerprint density at radius 3 is 3.23 bits per heavy atom. The van der Waals surface area contributed by atoms with Gasteiger partial charge in [-0.1, -0.05) is 5.16 Å². The van der Waals surface area contributed by atoms with Crippen LogP contribution in [0.15, 0.2) is 38.9 Å². The molecular formula is C14H14N4O3S. The number of rotatable bonds is 4. The molecule has 0 aromatic carbocycles. The van der Waals surface area contributed by atoms with E-state index in [1.807, 2.05) is 11.4 Å². The van der Waals surface area contributed by atoms with Crippen molar-refractivity contribution in [1.29, 1.82) is 0 Å². The molecule has 22 heavy (non-hydrogen) atoms. The Balaban J connectivity index is 1.43. The minimum Gasteiger partial charge on any atom is -0.461 e. The lowest BCUT2D eigenvalue weighted by molar-refractivity contribution is -0.0356. The van der Waals surface area contributed by atoms with Gasteiger partial charge in [0, 0.05) is 24.7 Å². The second kappa shape index (κ2) is 5.99. The van der Waals surface area contributed by atoms with Gasteiger partial charge in [0.1, 0.15) is 11.1 Å². The van der Waals surface area contributed by atoms with E-state index in [0.717, 1.165) is 18.1 Å². The summed E-state index contributed by atoms with van der Waals surface area (Å²) in [6.45, 7) is 2.87. The third-order valence-corrected chi connectivity index (χ3v) is 4.31. The summed E-state index contributed by atoms with van der Waals surface area (Å²) in [5.41, 5.74) is 0. The molecule has 4 rings (SSSR count). The van der Waals surface area contributed by atoms with Gasteiger partial charge in [-0.2, -0.15) is 4.98 Å². The molecule has 0 aliphatic carbocycles. The number of hydrogen-bond acceptors (Lipinski definition) is 8. The van der Waals surface area contributed by atoms with Crippen molar-refractivity contribution >= 4 is 11.3 Å². The van der Waals surface area contributed by atoms with Crippen molar-refractivity contribution in [3.8, 4) is 11.6 Å². The molecule has 0 amide bonds. The average Bonchev–Trinajstić information content (AvgIpc) is 3.29. The highest BCUT2D eigenvalue weighted by molar-refractivity contribution is 7.09. The summed E-state index contributed by atoms with van der Waals surface area (Å²) < 4.78 is 16.3. The van der Waals surface area contributed by atoms with Crippen LogP contribution in [0, 0.1) is 0 Å². The van der Waals surface area contributed by atoms with Gasteiger partial charge in [-0.25, -0.2) is 4.98 Å². The van der Waals surface area contributed by atoms with Crippen molar-refractivity contribution in [3.05, 3.63) is 40.9 Å². The minimum absolute atomic E-state index is 0.0150. The number of nitrogens with zero attached hydrogens (tertiary/aromatic N) is 4. The molecule has 1 aliphatic rings. The second-order valence-electron chi connectivity index (χ2n) is 4.95. The summed E-state index contributed by atoms with van der Waals surface area (Å²) in [4.78, 5) is 10.9. The summed E-state index contributed by atoms with van der Waals surface area (Å²) in [5, 5.41) is 6.91. The predicted octanol–water partition coefficient (Wildman–Crippen LogP) is 2.36. The van der Waals surface area contributed by atoms with Crippen LogP contribution < -0.4 is 0 Å². The van der Waals surface area contributed by atoms with Crippen LogP contribution in [-0.4, -0.2) is 39.7 Å². The van der Waals surface area contributed by atoms with Crippen molar-refractivity contribution in [2.45, 2.75) is 12.6 Å². The van der Waals surface area contributed by atoms with Gasteiger partial charge in [0.05, 0.1) is 19.4 Å². The lowest BCUT2D eigenvalue weighted by Crippen LogP contribution is -2.37. The standard InChI is InChI=1S/C14H14N4O3S/c1-2-10(19-5-1)13-16-12(21-17-13)9-18-4-6-20-11(8-18)14-15-3-7-22-14/h1-3,5,7,11H,4,6,8-9H2/t11-/m0/s1. The molecule has 0 saturated carbocycles. The Bertz CT molecular complexity index is 710. The molecule has 4 heterocycles. The highest BCUT2D eigenvalue weighted by Gasteiger charge is 2.25. The van der Waals surface area contributed by atoms with Gasteiger partial charge >= 0.3 is 0 Å². The van der Waals surface area contributed by atoms with Crippen molar-refractivity contribution in [2.75, 3.05) is 19.7 Å². The summed E-state index contributed by atoms with van der Waals surface area (Å²) >= 11 is 1.61. The van der Waals surface area contributed by atoms with Gasteiger partial charge in [-0.15, -0.1) is 11.3 Å². The maximum Gasteiger partial charge on any atom is 0.241 e. The van der Waals surface area contributed by atoms with E-state index in [1.54, 1.807) is 29.9 Å². The molecule has 0 radical (unpaired) electrons. The van der Waals surface area contributed by atoms with E-state index in [1.165, 1.54) is 0 Å². The average molecular weight is 318 g/mol. The molecule has 1 saturated heterocycles. The summed E-state index contributed by atoms with van der Waals surface area (Å²) in [5.74, 6) is 1.66. The van der Waals surface area contributed by atoms with Gasteiger partial charge < -0.3 is 13.7 Å². The summed E-state index contributed by atoms with van der Waals surface area (Å²) in [6.07, 6.45) is 3.41. The highest BCUT2D eigenvalue weighted by Crippen LogP contribution is 2.25. The second-order valence-corrected chi connectivity index (χ2v) is 5.88. The molecule has 0 unspecified atom stereocenters. The molecule has 8 heteroatoms. The first-order valence-corrected chi connectivity index (χ1v) is 7.86. The van der Waals surface area contributed by atoms with Crippen LogP contribution in [0.1, 0.15) is 17.0 Å². The predicted molar refractivity (Wildman–Crippen MR) is 78.1 cm³/mol. The van der Waals surface area contributed by atoms with E-state index in [0.29, 0.717) is 30.6 Å². The SMILES string of the molecule is c1coc(-c2noc(CN3CCO[C@H](c4nccs4)C3)n2)c1. The van der Waals surface area contributed by atoms with Crippen molar-refractivity contribution in [2.24, 2.45) is 0 Å². The van der Waals surface area contributed by atoms with Gasteiger partial charge in [0.25, 0.3) is 0 Å². The van der Waals surface area contributed by atoms with Crippen molar-refractivity contribution < 1.29 is 13.7 Å². The van der Waals surface area contributed by atoms with E-state index in [9.17, 15) is 0 Å². The molecule has 114 valence electrons. The topological polar surface area (TPSA) is 77.4 Å². The molecule has 0 spiro atoms. The van der Waals surface area contributed by atoms with Crippen LogP contribution >= 0.6 is 11.3 Å². The zero-order chi connectivity index (χ0) is 14.8. The molecular weight excluding hydrogens is 304 g/mol. The van der Waals surface area contributed by atoms with Crippen LogP contribution in [0.3, 0.4) is 0 Å². The summed E-state index contributed by atoms with van der Waals surface area (Å²) in [6, 6.07) is 3.60. The van der Waals surface area contributed by atoms with Crippen LogP contribution in [0.4, 0.5) is 0 Å². The third kappa shape index (κ3) is 2.80. The molecule has 1 aliphatic heterocycles. The van der Waals surface area contributed by atoms with E-state index in [2.05, 4.69) is 20.0 Å². The molecule has 0 N–H and O–H groups in total. The Morgan fingerprint density at radius 2 is 2.41 bits per heavy atom. The van der Waals surface area contributed by atoms with Crippen LogP contribution in [0.25, 0.3) is 11.6 Å². The molecule has 7 nitrogen and oxygen atoms in total. The Kier molecular flexibility index (Phi) is 3.71. The van der Waals surface area contributed by atoms with E-state index < -0.39 is 0 Å². The molecule has 1 fully saturated rings. The maximum atomic E-state index is 5.78. The highest BCUT2D eigenvalue weighted by atomic mass is 32.1. The quantitative estimate of drug-likeness (QED) is 0.730. The van der Waals surface area contributed by atoms with Gasteiger partial charge in [-0.3, -0.25) is 4.90 Å². The fraction of sp³-hybridized carbons (Fsp3) is 0.357. The largest absolute Gasteiger partial charge is 0.461 e. The van der Waals surface area contributed by atoms with Crippen LogP contribution in [-0.2, 0) is 11.3 Å². The maximum absolute atomic E-state index is 5.78. The fourth-order valence-electron chi connectivity index (χ4n) is 2.41. The van der Waals surface area contributed by atoms with Gasteiger partial charge in [0.15, 0.2) is 5.76 Å². The van der Waals surface area contributed by atoms with Crippen molar-refractivity contribution in [1.82, 2.24) is 20.0 Å². The normalized spacial score (nSPS) is 19.5. The Morgan fingerprint density at radius 1 is 1.41 bits per heavy atom. The first kappa shape index (κ1) is 13.6. The lowest BCUT2D eigenvalue weighted by atomic mass is 10.3. The van der Waals surface area contributed by atoms with E-state index >= 15 is 0 Å². The fourth-order valence-corrected chi connectivity index (χ4v) is 3.08. The Labute approximate surface area is 130 Å². The van der Waals surface area contributed by atoms with Crippen LogP contribution in [0.5, 0.6) is 0 Å². The number of thiazole rings is 1. The van der Waals surface area contributed by atoms with Gasteiger partial charge in [-0.05, 0) is 12.1 Å². The van der Waals surface area contributed by atoms with Crippen molar-refractivity contribution in [3.63, 3.8) is 0 Å². The molecule has 1 atom stereocenters. The van der Waals surface area contributed by atoms with E-state index in [4.69, 9.17) is 13.7 Å². The number of hydrogen-bond donors (Lipinski definition) is 0. The zero-order valence-corrected chi connectivity index (χ0v) is 12.5. The third-order valence-electron chi connectivity index (χ3n) is 3.45. The zero-order valence-electron chi connectivity index (χ0n) is 11.7. The molecule has 0 bridgehead atoms. The first-order valence-electron chi connectivity index (χ1n) is 6.98. The number of aromatic nitrogens is 3. The number of morpholine rings is 1. The van der Waals surface area contributed by atoms with Crippen LogP contribution in [0.2, 0.25) is 0 Å². The summed E-state index contributed by atoms with van der Waals surface area (Å²) in [7, 11) is 0. The first-order chi connectivity index (χ1) is 10.9.